The minimum Gasteiger partial charge on any atom is -0.487 e. The summed E-state index contributed by atoms with van der Waals surface area (Å²) in [6.45, 7) is 2.00. The first-order valence-electron chi connectivity index (χ1n) is 11.1. The first kappa shape index (κ1) is 21.0. The Balaban J connectivity index is 1.19. The number of imidazole rings is 1. The Labute approximate surface area is 192 Å². The van der Waals surface area contributed by atoms with Crippen molar-refractivity contribution in [2.75, 3.05) is 23.3 Å². The number of piperidine rings is 1. The highest BCUT2D eigenvalue weighted by atomic mass is 16.5. The number of amides is 1. The van der Waals surface area contributed by atoms with E-state index < -0.39 is 0 Å². The number of anilines is 2. The summed E-state index contributed by atoms with van der Waals surface area (Å²) >= 11 is 0. The zero-order valence-electron chi connectivity index (χ0n) is 18.2. The van der Waals surface area contributed by atoms with E-state index in [9.17, 15) is 9.90 Å². The molecule has 168 valence electrons. The highest BCUT2D eigenvalue weighted by molar-refractivity contribution is 6.04. The van der Waals surface area contributed by atoms with Crippen LogP contribution in [-0.2, 0) is 6.61 Å². The quantitative estimate of drug-likeness (QED) is 0.470. The number of nitrogens with one attached hydrogen (secondary N) is 1. The molecule has 0 aliphatic carbocycles. The van der Waals surface area contributed by atoms with Crippen molar-refractivity contribution in [3.63, 3.8) is 0 Å². The Hall–Kier alpha value is -3.84. The second-order valence-corrected chi connectivity index (χ2v) is 8.23. The third-order valence-electron chi connectivity index (χ3n) is 5.85. The number of rotatable bonds is 6. The molecule has 1 amide bonds. The molecule has 0 radical (unpaired) electrons. The molecule has 0 saturated carbocycles. The fourth-order valence-electron chi connectivity index (χ4n) is 4.03. The summed E-state index contributed by atoms with van der Waals surface area (Å²) in [5.74, 6) is 0.487. The van der Waals surface area contributed by atoms with E-state index in [1.54, 1.807) is 6.07 Å². The van der Waals surface area contributed by atoms with Crippen molar-refractivity contribution in [3.05, 3.63) is 90.4 Å². The van der Waals surface area contributed by atoms with Gasteiger partial charge in [0.05, 0.1) is 11.8 Å². The number of benzene rings is 2. The van der Waals surface area contributed by atoms with Gasteiger partial charge < -0.3 is 24.5 Å². The Morgan fingerprint density at radius 2 is 1.88 bits per heavy atom. The van der Waals surface area contributed by atoms with E-state index in [0.717, 1.165) is 43.0 Å². The maximum atomic E-state index is 12.7. The highest BCUT2D eigenvalue weighted by Gasteiger charge is 2.17. The molecule has 1 aliphatic heterocycles. The molecule has 1 saturated heterocycles. The molecule has 1 aliphatic rings. The molecule has 5 rings (SSSR count). The van der Waals surface area contributed by atoms with Crippen LogP contribution in [0.15, 0.2) is 79.1 Å². The Morgan fingerprint density at radius 1 is 1.06 bits per heavy atom. The molecule has 2 aromatic carbocycles. The number of hydrogen-bond acceptors (Lipinski definition) is 5. The molecule has 33 heavy (non-hydrogen) atoms. The second-order valence-electron chi connectivity index (χ2n) is 8.23. The minimum absolute atomic E-state index is 0.173. The highest BCUT2D eigenvalue weighted by Crippen LogP contribution is 2.22. The molecular formula is C26H26N4O3. The number of fused-ring (bicyclic) bond motifs is 1. The number of aromatic nitrogens is 2. The van der Waals surface area contributed by atoms with Crippen molar-refractivity contribution in [2.24, 2.45) is 0 Å². The summed E-state index contributed by atoms with van der Waals surface area (Å²) in [5, 5.41) is 12.6. The van der Waals surface area contributed by atoms with Gasteiger partial charge in [-0.3, -0.25) is 4.79 Å². The number of aliphatic hydroxyl groups excluding tert-OH is 1. The van der Waals surface area contributed by atoms with Crippen LogP contribution in [0.2, 0.25) is 0 Å². The van der Waals surface area contributed by atoms with Crippen LogP contribution in [0.3, 0.4) is 0 Å². The lowest BCUT2D eigenvalue weighted by molar-refractivity contribution is 0.102. The predicted octanol–water partition coefficient (Wildman–Crippen LogP) is 4.13. The fraction of sp³-hybridized carbons (Fsp3) is 0.231. The lowest BCUT2D eigenvalue weighted by atomic mass is 10.1. The summed E-state index contributed by atoms with van der Waals surface area (Å²) in [7, 11) is 0. The van der Waals surface area contributed by atoms with E-state index in [-0.39, 0.29) is 12.0 Å². The van der Waals surface area contributed by atoms with Crippen molar-refractivity contribution >= 4 is 22.9 Å². The smallest absolute Gasteiger partial charge is 0.255 e. The van der Waals surface area contributed by atoms with Gasteiger partial charge in [-0.05, 0) is 61.4 Å². The predicted molar refractivity (Wildman–Crippen MR) is 128 cm³/mol. The van der Waals surface area contributed by atoms with Crippen LogP contribution in [-0.4, -0.2) is 39.6 Å². The molecule has 7 nitrogen and oxygen atoms in total. The first-order valence-corrected chi connectivity index (χ1v) is 11.1. The van der Waals surface area contributed by atoms with Gasteiger partial charge in [-0.25, -0.2) is 4.98 Å². The van der Waals surface area contributed by atoms with Crippen LogP contribution in [0.25, 0.3) is 5.65 Å². The lowest BCUT2D eigenvalue weighted by Gasteiger charge is -2.31. The summed E-state index contributed by atoms with van der Waals surface area (Å²) in [5.41, 5.74) is 4.04. The van der Waals surface area contributed by atoms with Gasteiger partial charge in [0.1, 0.15) is 18.0 Å². The number of pyridine rings is 1. The van der Waals surface area contributed by atoms with Gasteiger partial charge in [-0.2, -0.15) is 0 Å². The van der Waals surface area contributed by atoms with Crippen molar-refractivity contribution in [2.45, 2.75) is 25.6 Å². The summed E-state index contributed by atoms with van der Waals surface area (Å²) in [4.78, 5) is 19.5. The van der Waals surface area contributed by atoms with Crippen molar-refractivity contribution in [1.82, 2.24) is 9.38 Å². The van der Waals surface area contributed by atoms with Gasteiger partial charge in [0.25, 0.3) is 5.91 Å². The molecule has 0 spiro atoms. The third kappa shape index (κ3) is 4.99. The number of nitrogens with zero attached hydrogens (tertiary/aromatic N) is 3. The Kier molecular flexibility index (Phi) is 5.95. The van der Waals surface area contributed by atoms with E-state index in [1.807, 2.05) is 77.5 Å². The molecule has 2 N–H and O–H groups in total. The Morgan fingerprint density at radius 3 is 2.67 bits per heavy atom. The molecule has 2 aromatic heterocycles. The zero-order chi connectivity index (χ0) is 22.6. The molecule has 7 heteroatoms. The first-order chi connectivity index (χ1) is 16.1. The van der Waals surface area contributed by atoms with Crippen LogP contribution < -0.4 is 15.0 Å². The SMILES string of the molecule is O=C(Nc1cccc(OCc2cn3ccccc3n2)c1)c1ccc(N2CCC(O)CC2)cc1. The average Bonchev–Trinajstić information content (AvgIpc) is 3.27. The van der Waals surface area contributed by atoms with E-state index >= 15 is 0 Å². The maximum absolute atomic E-state index is 12.7. The largest absolute Gasteiger partial charge is 0.487 e. The van der Waals surface area contributed by atoms with Crippen LogP contribution >= 0.6 is 0 Å². The van der Waals surface area contributed by atoms with Crippen LogP contribution in [0.1, 0.15) is 28.9 Å². The summed E-state index contributed by atoms with van der Waals surface area (Å²) in [6, 6.07) is 20.8. The van der Waals surface area contributed by atoms with Gasteiger partial charge in [0.2, 0.25) is 0 Å². The normalized spacial score (nSPS) is 14.4. The van der Waals surface area contributed by atoms with Gasteiger partial charge in [-0.1, -0.05) is 12.1 Å². The van der Waals surface area contributed by atoms with Crippen LogP contribution in [0, 0.1) is 0 Å². The zero-order valence-corrected chi connectivity index (χ0v) is 18.2. The van der Waals surface area contributed by atoms with E-state index in [1.165, 1.54) is 0 Å². The molecule has 1 fully saturated rings. The molecule has 3 heterocycles. The molecule has 4 aromatic rings. The Bertz CT molecular complexity index is 1210. The summed E-state index contributed by atoms with van der Waals surface area (Å²) < 4.78 is 7.84. The second kappa shape index (κ2) is 9.34. The molecule has 0 unspecified atom stereocenters. The number of carbonyl (C=O) groups is 1. The number of ether oxygens (including phenoxy) is 1. The van der Waals surface area contributed by atoms with Crippen LogP contribution in [0.5, 0.6) is 5.75 Å². The van der Waals surface area contributed by atoms with Gasteiger partial charge in [0, 0.05) is 48.5 Å². The lowest BCUT2D eigenvalue weighted by Crippen LogP contribution is -2.35. The molecule has 0 atom stereocenters. The maximum Gasteiger partial charge on any atom is 0.255 e. The number of hydrogen-bond donors (Lipinski definition) is 2. The van der Waals surface area contributed by atoms with E-state index in [0.29, 0.717) is 23.6 Å². The average molecular weight is 443 g/mol. The van der Waals surface area contributed by atoms with Gasteiger partial charge in [-0.15, -0.1) is 0 Å². The minimum atomic E-state index is -0.203. The topological polar surface area (TPSA) is 79.1 Å². The third-order valence-corrected chi connectivity index (χ3v) is 5.85. The number of carbonyl (C=O) groups excluding carboxylic acids is 1. The van der Waals surface area contributed by atoms with Crippen molar-refractivity contribution in [3.8, 4) is 5.75 Å². The van der Waals surface area contributed by atoms with Crippen LogP contribution in [0.4, 0.5) is 11.4 Å². The van der Waals surface area contributed by atoms with Gasteiger partial charge in [0.15, 0.2) is 0 Å². The summed E-state index contributed by atoms with van der Waals surface area (Å²) in [6.07, 6.45) is 5.24. The van der Waals surface area contributed by atoms with Crippen molar-refractivity contribution in [1.29, 1.82) is 0 Å². The standard InChI is InChI=1S/C26H26N4O3/c31-23-11-14-29(15-12-23)22-9-7-19(8-10-22)26(32)28-20-4-3-5-24(16-20)33-18-21-17-30-13-2-1-6-25(30)27-21/h1-10,13,16-17,23,31H,11-12,14-15,18H2,(H,28,32). The molecular weight excluding hydrogens is 416 g/mol. The van der Waals surface area contributed by atoms with E-state index in [2.05, 4.69) is 15.2 Å². The molecule has 0 bridgehead atoms. The number of aliphatic hydroxyl groups is 1. The monoisotopic (exact) mass is 442 g/mol. The van der Waals surface area contributed by atoms with E-state index in [4.69, 9.17) is 4.74 Å². The fourth-order valence-corrected chi connectivity index (χ4v) is 4.03. The van der Waals surface area contributed by atoms with Crippen molar-refractivity contribution < 1.29 is 14.6 Å². The van der Waals surface area contributed by atoms with Gasteiger partial charge >= 0.3 is 0 Å².